The summed E-state index contributed by atoms with van der Waals surface area (Å²) in [5.74, 6) is 0.203. The average Bonchev–Trinajstić information content (AvgIpc) is 3.68. The molecule has 1 heterocycles. The molecule has 0 radical (unpaired) electrons. The van der Waals surface area contributed by atoms with Gasteiger partial charge >= 0.3 is 0 Å². The number of carbonyl (C=O) groups is 2. The third-order valence-corrected chi connectivity index (χ3v) is 6.79. The molecule has 2 aliphatic rings. The zero-order valence-electron chi connectivity index (χ0n) is 19.3. The fourth-order valence-corrected chi connectivity index (χ4v) is 4.67. The lowest BCUT2D eigenvalue weighted by molar-refractivity contribution is -0.117. The van der Waals surface area contributed by atoms with Crippen molar-refractivity contribution in [2.24, 2.45) is 5.92 Å². The van der Waals surface area contributed by atoms with Gasteiger partial charge in [-0.15, -0.1) is 0 Å². The van der Waals surface area contributed by atoms with Crippen molar-refractivity contribution in [2.45, 2.75) is 18.8 Å². The Kier molecular flexibility index (Phi) is 6.88. The Morgan fingerprint density at radius 3 is 2.50 bits per heavy atom. The maximum Gasteiger partial charge on any atom is 0.251 e. The molecule has 0 unspecified atom stereocenters. The Balaban J connectivity index is 1.08. The first-order valence-electron chi connectivity index (χ1n) is 12.2. The highest BCUT2D eigenvalue weighted by atomic mass is 16.5. The molecule has 1 saturated carbocycles. The third-order valence-electron chi connectivity index (χ3n) is 6.79. The molecule has 3 aromatic rings. The molecule has 0 bridgehead atoms. The van der Waals surface area contributed by atoms with Gasteiger partial charge in [-0.05, 0) is 65.9 Å². The van der Waals surface area contributed by atoms with E-state index in [9.17, 15) is 9.59 Å². The van der Waals surface area contributed by atoms with E-state index in [0.717, 1.165) is 67.7 Å². The summed E-state index contributed by atoms with van der Waals surface area (Å²) in [6.45, 7) is 5.18. The molecule has 0 spiro atoms. The minimum Gasteiger partial charge on any atom is -0.379 e. The summed E-state index contributed by atoms with van der Waals surface area (Å²) in [5.41, 5.74) is 2.60. The van der Waals surface area contributed by atoms with Gasteiger partial charge in [-0.2, -0.15) is 0 Å². The predicted octanol–water partition coefficient (Wildman–Crippen LogP) is 4.03. The number of amides is 2. The van der Waals surface area contributed by atoms with Gasteiger partial charge in [0, 0.05) is 36.8 Å². The van der Waals surface area contributed by atoms with Gasteiger partial charge < -0.3 is 15.4 Å². The van der Waals surface area contributed by atoms with Crippen molar-refractivity contribution in [1.82, 2.24) is 10.2 Å². The van der Waals surface area contributed by atoms with Crippen LogP contribution in [0.1, 0.15) is 34.7 Å². The minimum absolute atomic E-state index is 0.0219. The van der Waals surface area contributed by atoms with Crippen LogP contribution in [0.25, 0.3) is 10.8 Å². The summed E-state index contributed by atoms with van der Waals surface area (Å²) >= 11 is 0. The summed E-state index contributed by atoms with van der Waals surface area (Å²) in [4.78, 5) is 27.6. The summed E-state index contributed by atoms with van der Waals surface area (Å²) in [7, 11) is 0. The number of morpholine rings is 1. The van der Waals surface area contributed by atoms with Crippen LogP contribution in [-0.4, -0.2) is 56.1 Å². The zero-order valence-corrected chi connectivity index (χ0v) is 19.3. The maximum absolute atomic E-state index is 12.7. The minimum atomic E-state index is -0.0464. The van der Waals surface area contributed by atoms with Crippen LogP contribution in [-0.2, 0) is 9.53 Å². The number of anilines is 1. The lowest BCUT2D eigenvalue weighted by Crippen LogP contribution is -2.38. The van der Waals surface area contributed by atoms with Crippen molar-refractivity contribution < 1.29 is 14.3 Å². The second kappa shape index (κ2) is 10.4. The summed E-state index contributed by atoms with van der Waals surface area (Å²) in [5, 5.41) is 8.34. The largest absolute Gasteiger partial charge is 0.379 e. The molecule has 176 valence electrons. The first-order valence-corrected chi connectivity index (χ1v) is 12.2. The lowest BCUT2D eigenvalue weighted by atomic mass is 10.1. The normalized spacial score (nSPS) is 20.1. The quantitative estimate of drug-likeness (QED) is 0.501. The van der Waals surface area contributed by atoms with Crippen molar-refractivity contribution >= 4 is 28.3 Å². The molecule has 34 heavy (non-hydrogen) atoms. The number of hydrogen-bond acceptors (Lipinski definition) is 4. The van der Waals surface area contributed by atoms with Crippen LogP contribution in [0.2, 0.25) is 0 Å². The van der Waals surface area contributed by atoms with Crippen molar-refractivity contribution in [1.29, 1.82) is 0 Å². The monoisotopic (exact) mass is 457 g/mol. The molecule has 3 aromatic carbocycles. The molecule has 2 fully saturated rings. The van der Waals surface area contributed by atoms with Crippen LogP contribution in [0, 0.1) is 5.92 Å². The molecular formula is C28H31N3O3. The van der Waals surface area contributed by atoms with E-state index >= 15 is 0 Å². The van der Waals surface area contributed by atoms with Crippen LogP contribution in [0.4, 0.5) is 5.69 Å². The Labute approximate surface area is 200 Å². The van der Waals surface area contributed by atoms with E-state index in [-0.39, 0.29) is 23.7 Å². The molecular weight excluding hydrogens is 426 g/mol. The van der Waals surface area contributed by atoms with Crippen LogP contribution in [0.3, 0.4) is 0 Å². The van der Waals surface area contributed by atoms with Crippen LogP contribution in [0.15, 0.2) is 66.7 Å². The molecule has 1 saturated heterocycles. The molecule has 1 aliphatic heterocycles. The van der Waals surface area contributed by atoms with E-state index in [1.54, 1.807) is 0 Å². The molecule has 0 aromatic heterocycles. The smallest absolute Gasteiger partial charge is 0.251 e. The van der Waals surface area contributed by atoms with E-state index in [1.807, 2.05) is 60.7 Å². The SMILES string of the molecule is O=C(NCCCN1CCOCC1)c1ccc([C@@H]2C[C@H]2C(=O)Nc2ccc3ccccc3c2)cc1. The Bertz CT molecular complexity index is 1160. The number of carbonyl (C=O) groups excluding carboxylic acids is 2. The molecule has 6 heteroatoms. The van der Waals surface area contributed by atoms with Gasteiger partial charge in [0.2, 0.25) is 5.91 Å². The lowest BCUT2D eigenvalue weighted by Gasteiger charge is -2.26. The number of hydrogen-bond donors (Lipinski definition) is 2. The Morgan fingerprint density at radius 1 is 0.941 bits per heavy atom. The number of rotatable bonds is 8. The van der Waals surface area contributed by atoms with E-state index in [1.165, 1.54) is 0 Å². The second-order valence-electron chi connectivity index (χ2n) is 9.19. The average molecular weight is 458 g/mol. The van der Waals surface area contributed by atoms with E-state index in [4.69, 9.17) is 4.74 Å². The molecule has 1 aliphatic carbocycles. The summed E-state index contributed by atoms with van der Waals surface area (Å²) in [6.07, 6.45) is 1.77. The second-order valence-corrected chi connectivity index (χ2v) is 9.19. The zero-order chi connectivity index (χ0) is 23.3. The van der Waals surface area contributed by atoms with Crippen molar-refractivity contribution in [3.05, 3.63) is 77.9 Å². The van der Waals surface area contributed by atoms with Gasteiger partial charge in [-0.25, -0.2) is 0 Å². The highest BCUT2D eigenvalue weighted by Crippen LogP contribution is 2.48. The summed E-state index contributed by atoms with van der Waals surface area (Å²) < 4.78 is 5.36. The summed E-state index contributed by atoms with van der Waals surface area (Å²) in [6, 6.07) is 21.8. The van der Waals surface area contributed by atoms with Gasteiger partial charge in [-0.3, -0.25) is 14.5 Å². The maximum atomic E-state index is 12.7. The van der Waals surface area contributed by atoms with Crippen LogP contribution < -0.4 is 10.6 Å². The molecule has 2 N–H and O–H groups in total. The molecule has 2 atom stereocenters. The van der Waals surface area contributed by atoms with Crippen molar-refractivity contribution in [3.8, 4) is 0 Å². The highest BCUT2D eigenvalue weighted by Gasteiger charge is 2.43. The van der Waals surface area contributed by atoms with Crippen LogP contribution >= 0.6 is 0 Å². The van der Waals surface area contributed by atoms with Crippen molar-refractivity contribution in [3.63, 3.8) is 0 Å². The first kappa shape index (κ1) is 22.6. The number of nitrogens with zero attached hydrogens (tertiary/aromatic N) is 1. The van der Waals surface area contributed by atoms with Gasteiger partial charge in [0.1, 0.15) is 0 Å². The van der Waals surface area contributed by atoms with Gasteiger partial charge in [0.05, 0.1) is 13.2 Å². The van der Waals surface area contributed by atoms with Crippen LogP contribution in [0.5, 0.6) is 0 Å². The third kappa shape index (κ3) is 5.46. The van der Waals surface area contributed by atoms with Gasteiger partial charge in [0.25, 0.3) is 5.91 Å². The van der Waals surface area contributed by atoms with E-state index in [0.29, 0.717) is 12.1 Å². The fourth-order valence-electron chi connectivity index (χ4n) is 4.67. The molecule has 5 rings (SSSR count). The number of nitrogens with one attached hydrogen (secondary N) is 2. The molecule has 2 amide bonds. The number of benzene rings is 3. The Hall–Kier alpha value is -3.22. The Morgan fingerprint density at radius 2 is 1.71 bits per heavy atom. The molecule has 6 nitrogen and oxygen atoms in total. The van der Waals surface area contributed by atoms with Crippen molar-refractivity contribution in [2.75, 3.05) is 44.7 Å². The van der Waals surface area contributed by atoms with Gasteiger partial charge in [-0.1, -0.05) is 42.5 Å². The number of fused-ring (bicyclic) bond motifs is 1. The predicted molar refractivity (Wildman–Crippen MR) is 134 cm³/mol. The fraction of sp³-hybridized carbons (Fsp3) is 0.357. The van der Waals surface area contributed by atoms with Gasteiger partial charge in [0.15, 0.2) is 0 Å². The van der Waals surface area contributed by atoms with E-state index in [2.05, 4.69) is 21.6 Å². The first-order chi connectivity index (χ1) is 16.7. The topological polar surface area (TPSA) is 70.7 Å². The van der Waals surface area contributed by atoms with E-state index < -0.39 is 0 Å². The number of ether oxygens (including phenoxy) is 1. The highest BCUT2D eigenvalue weighted by molar-refractivity contribution is 5.98. The standard InChI is InChI=1S/C28H31N3O3/c32-27(29-12-3-13-31-14-16-34-17-15-31)22-8-6-21(7-9-22)25-19-26(25)28(33)30-24-11-10-20-4-1-2-5-23(20)18-24/h1-2,4-11,18,25-26H,3,12-17,19H2,(H,29,32)(H,30,33)/t25-,26+/m0/s1.